The van der Waals surface area contributed by atoms with E-state index in [4.69, 9.17) is 11.5 Å². The zero-order chi connectivity index (χ0) is 23.2. The van der Waals surface area contributed by atoms with Crippen LogP contribution < -0.4 is 16.8 Å². The van der Waals surface area contributed by atoms with Gasteiger partial charge in [0.1, 0.15) is 6.04 Å². The number of fused-ring (bicyclic) bond motifs is 1. The van der Waals surface area contributed by atoms with Crippen LogP contribution >= 0.6 is 0 Å². The molecule has 3 amide bonds. The average molecular weight is 447 g/mol. The number of hydrogen-bond acceptors (Lipinski definition) is 5. The molecule has 1 saturated heterocycles. The largest absolute Gasteiger partial charge is 0.363 e. The highest BCUT2D eigenvalue weighted by atomic mass is 16.2. The van der Waals surface area contributed by atoms with E-state index in [0.29, 0.717) is 18.9 Å². The molecule has 0 aromatic carbocycles. The minimum absolute atomic E-state index is 0.0368. The fourth-order valence-corrected chi connectivity index (χ4v) is 6.42. The van der Waals surface area contributed by atoms with E-state index in [2.05, 4.69) is 19.2 Å². The second-order valence-corrected chi connectivity index (χ2v) is 11.1. The maximum atomic E-state index is 13.5. The molecule has 8 nitrogen and oxygen atoms in total. The smallest absolute Gasteiger partial charge is 0.287 e. The fourth-order valence-electron chi connectivity index (χ4n) is 6.42. The maximum Gasteiger partial charge on any atom is 0.287 e. The van der Waals surface area contributed by atoms with Gasteiger partial charge in [0.25, 0.3) is 5.91 Å². The summed E-state index contributed by atoms with van der Waals surface area (Å²) in [4.78, 5) is 52.5. The first-order chi connectivity index (χ1) is 15.1. The van der Waals surface area contributed by atoms with Gasteiger partial charge < -0.3 is 21.7 Å². The van der Waals surface area contributed by atoms with Gasteiger partial charge in [0.2, 0.25) is 17.6 Å². The van der Waals surface area contributed by atoms with Crippen LogP contribution in [0.25, 0.3) is 0 Å². The third-order valence-electron chi connectivity index (χ3n) is 8.87. The molecule has 1 heterocycles. The molecule has 0 radical (unpaired) electrons. The minimum atomic E-state index is -1.03. The lowest BCUT2D eigenvalue weighted by molar-refractivity contribution is -0.144. The first-order valence-corrected chi connectivity index (χ1v) is 12.3. The van der Waals surface area contributed by atoms with Gasteiger partial charge in [-0.25, -0.2) is 0 Å². The Hall–Kier alpha value is -1.96. The van der Waals surface area contributed by atoms with E-state index in [0.717, 1.165) is 44.9 Å². The van der Waals surface area contributed by atoms with Crippen LogP contribution in [0.5, 0.6) is 0 Å². The van der Waals surface area contributed by atoms with Gasteiger partial charge in [-0.1, -0.05) is 52.4 Å². The number of likely N-dealkylation sites (tertiary alicyclic amines) is 1. The van der Waals surface area contributed by atoms with Crippen molar-refractivity contribution in [3.05, 3.63) is 0 Å². The van der Waals surface area contributed by atoms with Gasteiger partial charge in [-0.3, -0.25) is 19.2 Å². The Morgan fingerprint density at radius 1 is 1.03 bits per heavy atom. The van der Waals surface area contributed by atoms with Crippen molar-refractivity contribution < 1.29 is 19.2 Å². The monoisotopic (exact) mass is 446 g/mol. The van der Waals surface area contributed by atoms with E-state index in [-0.39, 0.29) is 35.0 Å². The van der Waals surface area contributed by atoms with Gasteiger partial charge in [-0.2, -0.15) is 0 Å². The fraction of sp³-hybridized carbons (Fsp3) is 0.833. The maximum absolute atomic E-state index is 13.5. The number of carbonyl (C=O) groups excluding carboxylic acids is 4. The highest BCUT2D eigenvalue weighted by Gasteiger charge is 2.69. The Morgan fingerprint density at radius 2 is 1.69 bits per heavy atom. The molecule has 5 N–H and O–H groups in total. The van der Waals surface area contributed by atoms with Crippen molar-refractivity contribution in [1.29, 1.82) is 0 Å². The topological polar surface area (TPSA) is 136 Å². The molecule has 4 fully saturated rings. The summed E-state index contributed by atoms with van der Waals surface area (Å²) in [6.07, 6.45) is 8.75. The molecule has 0 aromatic rings. The summed E-state index contributed by atoms with van der Waals surface area (Å²) in [5.74, 6) is -1.54. The third-order valence-corrected chi connectivity index (χ3v) is 8.87. The number of nitrogens with two attached hydrogens (primary N) is 2. The summed E-state index contributed by atoms with van der Waals surface area (Å²) in [6.45, 7) is 4.75. The Morgan fingerprint density at radius 3 is 2.25 bits per heavy atom. The van der Waals surface area contributed by atoms with Gasteiger partial charge in [0, 0.05) is 6.54 Å². The number of nitrogens with zero attached hydrogens (tertiary/aromatic N) is 1. The summed E-state index contributed by atoms with van der Waals surface area (Å²) in [5, 5.41) is 2.81. The Balaban J connectivity index is 1.49. The number of piperidine rings is 1. The van der Waals surface area contributed by atoms with E-state index in [1.54, 1.807) is 4.90 Å². The second-order valence-electron chi connectivity index (χ2n) is 11.1. The first-order valence-electron chi connectivity index (χ1n) is 12.3. The molecule has 0 spiro atoms. The average Bonchev–Trinajstić information content (AvgIpc) is 3.08. The number of amides is 3. The molecular formula is C24H38N4O4. The summed E-state index contributed by atoms with van der Waals surface area (Å²) < 4.78 is 0. The van der Waals surface area contributed by atoms with Gasteiger partial charge in [0.05, 0.1) is 12.1 Å². The summed E-state index contributed by atoms with van der Waals surface area (Å²) in [7, 11) is 0. The first kappa shape index (κ1) is 23.2. The molecule has 32 heavy (non-hydrogen) atoms. The molecule has 3 saturated carbocycles. The van der Waals surface area contributed by atoms with Crippen molar-refractivity contribution in [1.82, 2.24) is 10.2 Å². The molecule has 0 aromatic heterocycles. The van der Waals surface area contributed by atoms with Crippen molar-refractivity contribution in [2.24, 2.45) is 40.6 Å². The summed E-state index contributed by atoms with van der Waals surface area (Å²) >= 11 is 0. The number of rotatable bonds is 8. The van der Waals surface area contributed by atoms with Crippen LogP contribution in [0.3, 0.4) is 0 Å². The number of ketones is 1. The lowest BCUT2D eigenvalue weighted by atomic mass is 9.80. The Bertz CT molecular complexity index is 787. The molecule has 1 aliphatic heterocycles. The van der Waals surface area contributed by atoms with Gasteiger partial charge in [0.15, 0.2) is 0 Å². The van der Waals surface area contributed by atoms with Gasteiger partial charge in [-0.15, -0.1) is 0 Å². The zero-order valence-electron chi connectivity index (χ0n) is 19.3. The van der Waals surface area contributed by atoms with E-state index in [1.165, 1.54) is 6.42 Å². The Kier molecular flexibility index (Phi) is 6.36. The number of Topliss-reactive ketones (excluding diaryl/α,β-unsaturated/α-hetero) is 1. The van der Waals surface area contributed by atoms with E-state index in [1.807, 2.05) is 0 Å². The van der Waals surface area contributed by atoms with Gasteiger partial charge >= 0.3 is 0 Å². The highest BCUT2D eigenvalue weighted by molar-refractivity contribution is 6.37. The number of nitrogens with one attached hydrogen (secondary N) is 1. The predicted octanol–water partition coefficient (Wildman–Crippen LogP) is 1.11. The Labute approximate surface area is 190 Å². The highest BCUT2D eigenvalue weighted by Crippen LogP contribution is 2.65. The molecule has 5 atom stereocenters. The lowest BCUT2D eigenvalue weighted by Gasteiger charge is -2.36. The van der Waals surface area contributed by atoms with Crippen LogP contribution in [0.1, 0.15) is 71.6 Å². The normalized spacial score (nSPS) is 31.2. The van der Waals surface area contributed by atoms with Crippen LogP contribution in [0.4, 0.5) is 0 Å². The van der Waals surface area contributed by atoms with Crippen LogP contribution in [0.15, 0.2) is 0 Å². The van der Waals surface area contributed by atoms with Crippen molar-refractivity contribution in [2.75, 3.05) is 6.54 Å². The minimum Gasteiger partial charge on any atom is -0.363 e. The SMILES string of the molecule is CC1(C)[C@@H]2CN(C(=O)[C@@H](N)C3CCCCC3)C(C(=O)NC(CC3CCC3)C(=O)C(N)=O)[C@@H]21. The molecular weight excluding hydrogens is 408 g/mol. The number of primary amides is 1. The van der Waals surface area contributed by atoms with Crippen LogP contribution in [-0.2, 0) is 19.2 Å². The molecule has 4 aliphatic rings. The summed E-state index contributed by atoms with van der Waals surface area (Å²) in [5.41, 5.74) is 11.6. The molecule has 0 bridgehead atoms. The van der Waals surface area contributed by atoms with Crippen LogP contribution in [0.2, 0.25) is 0 Å². The van der Waals surface area contributed by atoms with Crippen LogP contribution in [-0.4, -0.2) is 53.1 Å². The lowest BCUT2D eigenvalue weighted by Crippen LogP contribution is -2.58. The molecule has 8 heteroatoms. The predicted molar refractivity (Wildman–Crippen MR) is 119 cm³/mol. The number of carbonyl (C=O) groups is 4. The zero-order valence-corrected chi connectivity index (χ0v) is 19.3. The standard InChI is InChI=1S/C24H38N4O4/c1-24(2)15-12-28(23(32)18(25)14-9-4-3-5-10-14)19(17(15)24)22(31)27-16(20(29)21(26)30)11-13-7-6-8-13/h13-19H,3-12,25H2,1-2H3,(H2,26,30)(H,27,31)/t15-,16?,17-,18+,19?/m1/s1. The third kappa shape index (κ3) is 4.18. The molecule has 3 aliphatic carbocycles. The van der Waals surface area contributed by atoms with Crippen molar-refractivity contribution in [3.8, 4) is 0 Å². The van der Waals surface area contributed by atoms with E-state index < -0.39 is 29.8 Å². The molecule has 2 unspecified atom stereocenters. The molecule has 178 valence electrons. The van der Waals surface area contributed by atoms with Crippen LogP contribution in [0, 0.1) is 29.1 Å². The van der Waals surface area contributed by atoms with Crippen molar-refractivity contribution in [2.45, 2.75) is 89.8 Å². The van der Waals surface area contributed by atoms with Crippen molar-refractivity contribution in [3.63, 3.8) is 0 Å². The quantitative estimate of drug-likeness (QED) is 0.480. The van der Waals surface area contributed by atoms with E-state index in [9.17, 15) is 19.2 Å². The van der Waals surface area contributed by atoms with Gasteiger partial charge in [-0.05, 0) is 48.3 Å². The molecule has 4 rings (SSSR count). The van der Waals surface area contributed by atoms with E-state index >= 15 is 0 Å². The summed E-state index contributed by atoms with van der Waals surface area (Å²) in [6, 6.07) is -2.17. The van der Waals surface area contributed by atoms with Crippen molar-refractivity contribution >= 4 is 23.5 Å². The second kappa shape index (κ2) is 8.76. The number of hydrogen-bond donors (Lipinski definition) is 3.